The summed E-state index contributed by atoms with van der Waals surface area (Å²) in [7, 11) is 0. The van der Waals surface area contributed by atoms with Crippen LogP contribution in [0.25, 0.3) is 0 Å². The number of hydrogen-bond acceptors (Lipinski definition) is 1. The van der Waals surface area contributed by atoms with Crippen LogP contribution in [-0.2, 0) is 4.79 Å². The van der Waals surface area contributed by atoms with Gasteiger partial charge in [0.15, 0.2) is 0 Å². The van der Waals surface area contributed by atoms with E-state index < -0.39 is 5.97 Å². The highest BCUT2D eigenvalue weighted by Crippen LogP contribution is 2.74. The molecule has 0 bridgehead atoms. The zero-order chi connectivity index (χ0) is 23.7. The molecule has 32 heavy (non-hydrogen) atoms. The lowest BCUT2D eigenvalue weighted by Crippen LogP contribution is -2.61. The van der Waals surface area contributed by atoms with Crippen LogP contribution in [0.2, 0.25) is 0 Å². The van der Waals surface area contributed by atoms with Crippen LogP contribution in [0.3, 0.4) is 0 Å². The summed E-state index contributed by atoms with van der Waals surface area (Å²) in [4.78, 5) is 11.6. The minimum absolute atomic E-state index is 0.00878. The van der Waals surface area contributed by atoms with Gasteiger partial charge in [-0.2, -0.15) is 0 Å². The molecular weight excluding hydrogens is 392 g/mol. The smallest absolute Gasteiger partial charge is 0.303 e. The van der Waals surface area contributed by atoms with Gasteiger partial charge >= 0.3 is 5.97 Å². The lowest BCUT2D eigenvalue weighted by molar-refractivity contribution is -0.149. The van der Waals surface area contributed by atoms with E-state index >= 15 is 0 Å². The molecular formula is C30H48O2. The molecule has 0 aromatic carbocycles. The van der Waals surface area contributed by atoms with Gasteiger partial charge in [-0.05, 0) is 110 Å². The monoisotopic (exact) mass is 440 g/mol. The quantitative estimate of drug-likeness (QED) is 0.445. The maximum atomic E-state index is 11.6. The highest BCUT2D eigenvalue weighted by atomic mass is 16.4. The molecule has 0 aromatic heterocycles. The summed E-state index contributed by atoms with van der Waals surface area (Å²) in [6.45, 7) is 21.7. The van der Waals surface area contributed by atoms with Crippen LogP contribution in [-0.4, -0.2) is 11.1 Å². The summed E-state index contributed by atoms with van der Waals surface area (Å²) < 4.78 is 0. The number of rotatable bonds is 4. The Morgan fingerprint density at radius 2 is 1.72 bits per heavy atom. The van der Waals surface area contributed by atoms with Crippen LogP contribution < -0.4 is 0 Å². The standard InChI is InChI=1S/C30H48O2/c1-20(2)21-11-14-30(8)24(28(21,6)13-12-25(31)32)10-9-22-23-19-26(3,4)15-16-27(23,5)17-18-29(22,30)7/h9,21,23-24H,1,10-19H2,2-8H3,(H,31,32). The van der Waals surface area contributed by atoms with Crippen LogP contribution in [0.5, 0.6) is 0 Å². The van der Waals surface area contributed by atoms with Crippen molar-refractivity contribution < 1.29 is 9.90 Å². The third kappa shape index (κ3) is 3.37. The average molecular weight is 441 g/mol. The molecule has 0 saturated heterocycles. The fourth-order valence-corrected chi connectivity index (χ4v) is 9.42. The van der Waals surface area contributed by atoms with Gasteiger partial charge in [0.25, 0.3) is 0 Å². The van der Waals surface area contributed by atoms with E-state index in [1.165, 1.54) is 44.1 Å². The molecule has 7 atom stereocenters. The van der Waals surface area contributed by atoms with Gasteiger partial charge in [-0.15, -0.1) is 0 Å². The number of carbonyl (C=O) groups is 1. The SMILES string of the molecule is C=C(C)C1CCC2(C)C(CC=C3C4CC(C)(C)CCC4(C)CCC32C)C1(C)CCC(=O)O. The summed E-state index contributed by atoms with van der Waals surface area (Å²) >= 11 is 0. The molecule has 0 aromatic rings. The average Bonchev–Trinajstić information content (AvgIpc) is 2.68. The molecule has 0 heterocycles. The van der Waals surface area contributed by atoms with Crippen molar-refractivity contribution in [2.24, 2.45) is 44.8 Å². The Kier molecular flexibility index (Phi) is 5.63. The molecule has 2 heteroatoms. The van der Waals surface area contributed by atoms with Gasteiger partial charge in [-0.25, -0.2) is 0 Å². The fourth-order valence-electron chi connectivity index (χ4n) is 9.42. The van der Waals surface area contributed by atoms with Crippen LogP contribution in [0.1, 0.15) is 113 Å². The summed E-state index contributed by atoms with van der Waals surface area (Å²) in [6.07, 6.45) is 14.0. The third-order valence-electron chi connectivity index (χ3n) is 11.8. The number of hydrogen-bond donors (Lipinski definition) is 1. The third-order valence-corrected chi connectivity index (χ3v) is 11.8. The number of carboxylic acids is 1. The largest absolute Gasteiger partial charge is 0.481 e. The fraction of sp³-hybridized carbons (Fsp3) is 0.833. The lowest BCUT2D eigenvalue weighted by atomic mass is 9.35. The molecule has 0 radical (unpaired) electrons. The van der Waals surface area contributed by atoms with Gasteiger partial charge in [-0.1, -0.05) is 65.3 Å². The first-order valence-corrected chi connectivity index (χ1v) is 13.3. The normalized spacial score (nSPS) is 47.5. The van der Waals surface area contributed by atoms with Gasteiger partial charge in [0, 0.05) is 6.42 Å². The zero-order valence-electron chi connectivity index (χ0n) is 21.9. The Morgan fingerprint density at radius 1 is 1.06 bits per heavy atom. The van der Waals surface area contributed by atoms with Gasteiger partial charge < -0.3 is 5.11 Å². The minimum atomic E-state index is -0.657. The van der Waals surface area contributed by atoms with Crippen molar-refractivity contribution >= 4 is 5.97 Å². The molecule has 3 saturated carbocycles. The number of carboxylic acid groups (broad SMARTS) is 1. The van der Waals surface area contributed by atoms with E-state index in [1.807, 2.05) is 0 Å². The van der Waals surface area contributed by atoms with Gasteiger partial charge in [0.1, 0.15) is 0 Å². The Labute approximate surface area is 197 Å². The summed E-state index contributed by atoms with van der Waals surface area (Å²) in [5.74, 6) is 1.02. The molecule has 3 fully saturated rings. The van der Waals surface area contributed by atoms with E-state index in [0.717, 1.165) is 19.3 Å². The van der Waals surface area contributed by atoms with Crippen LogP contribution in [0.15, 0.2) is 23.8 Å². The Morgan fingerprint density at radius 3 is 2.34 bits per heavy atom. The molecule has 7 unspecified atom stereocenters. The number of fused-ring (bicyclic) bond motifs is 5. The number of allylic oxidation sites excluding steroid dienone is 3. The second-order valence-corrected chi connectivity index (χ2v) is 14.1. The van der Waals surface area contributed by atoms with Gasteiger partial charge in [-0.3, -0.25) is 4.79 Å². The van der Waals surface area contributed by atoms with Crippen molar-refractivity contribution in [3.63, 3.8) is 0 Å². The maximum absolute atomic E-state index is 11.6. The van der Waals surface area contributed by atoms with E-state index in [4.69, 9.17) is 0 Å². The van der Waals surface area contributed by atoms with Gasteiger partial charge in [0.2, 0.25) is 0 Å². The molecule has 0 amide bonds. The zero-order valence-corrected chi connectivity index (χ0v) is 21.9. The molecule has 1 N–H and O–H groups in total. The Bertz CT molecular complexity index is 836. The second-order valence-electron chi connectivity index (χ2n) is 14.1. The second kappa shape index (κ2) is 7.47. The topological polar surface area (TPSA) is 37.3 Å². The molecule has 0 aliphatic heterocycles. The van der Waals surface area contributed by atoms with Crippen LogP contribution in [0.4, 0.5) is 0 Å². The molecule has 4 aliphatic carbocycles. The molecule has 0 spiro atoms. The van der Waals surface area contributed by atoms with Crippen LogP contribution in [0, 0.1) is 44.8 Å². The first-order chi connectivity index (χ1) is 14.7. The van der Waals surface area contributed by atoms with Crippen molar-refractivity contribution in [2.75, 3.05) is 0 Å². The minimum Gasteiger partial charge on any atom is -0.481 e. The summed E-state index contributed by atoms with van der Waals surface area (Å²) in [5.41, 5.74) is 4.42. The van der Waals surface area contributed by atoms with Gasteiger partial charge in [0.05, 0.1) is 0 Å². The molecule has 2 nitrogen and oxygen atoms in total. The first-order valence-electron chi connectivity index (χ1n) is 13.3. The molecule has 180 valence electrons. The van der Waals surface area contributed by atoms with E-state index in [-0.39, 0.29) is 22.7 Å². The highest BCUT2D eigenvalue weighted by molar-refractivity contribution is 5.66. The van der Waals surface area contributed by atoms with Crippen molar-refractivity contribution in [1.29, 1.82) is 0 Å². The van der Waals surface area contributed by atoms with Crippen molar-refractivity contribution in [2.45, 2.75) is 113 Å². The van der Waals surface area contributed by atoms with E-state index in [0.29, 0.717) is 28.6 Å². The molecule has 4 rings (SSSR count). The van der Waals surface area contributed by atoms with Crippen molar-refractivity contribution in [3.8, 4) is 0 Å². The summed E-state index contributed by atoms with van der Waals surface area (Å²) in [6, 6.07) is 0. The van der Waals surface area contributed by atoms with Crippen molar-refractivity contribution in [3.05, 3.63) is 23.8 Å². The predicted molar refractivity (Wildman–Crippen MR) is 133 cm³/mol. The van der Waals surface area contributed by atoms with E-state index in [1.54, 1.807) is 5.57 Å². The lowest BCUT2D eigenvalue weighted by Gasteiger charge is -2.69. The predicted octanol–water partition coefficient (Wildman–Crippen LogP) is 8.43. The van der Waals surface area contributed by atoms with E-state index in [2.05, 4.69) is 61.1 Å². The Balaban J connectivity index is 1.78. The highest BCUT2D eigenvalue weighted by Gasteiger charge is 2.65. The summed E-state index contributed by atoms with van der Waals surface area (Å²) in [5, 5.41) is 9.55. The molecule has 4 aliphatic rings. The Hall–Kier alpha value is -1.05. The van der Waals surface area contributed by atoms with Crippen LogP contribution >= 0.6 is 0 Å². The van der Waals surface area contributed by atoms with E-state index in [9.17, 15) is 9.90 Å². The first kappa shape index (κ1) is 24.1. The number of aliphatic carboxylic acids is 1. The van der Waals surface area contributed by atoms with Crippen molar-refractivity contribution in [1.82, 2.24) is 0 Å². The maximum Gasteiger partial charge on any atom is 0.303 e.